The highest BCUT2D eigenvalue weighted by atomic mass is 32.2. The first-order valence-electron chi connectivity index (χ1n) is 26.5. The summed E-state index contributed by atoms with van der Waals surface area (Å²) in [5.41, 5.74) is 0. The van der Waals surface area contributed by atoms with Crippen LogP contribution in [0.25, 0.3) is 0 Å². The van der Waals surface area contributed by atoms with Gasteiger partial charge in [0.05, 0.1) is 24.4 Å². The van der Waals surface area contributed by atoms with Crippen LogP contribution in [-0.2, 0) is 9.47 Å². The van der Waals surface area contributed by atoms with E-state index in [1.54, 1.807) is 77.0 Å². The molecule has 0 aromatic heterocycles. The molecule has 0 spiro atoms. The predicted octanol–water partition coefficient (Wildman–Crippen LogP) is 13.0. The fourth-order valence-corrected chi connectivity index (χ4v) is 21.3. The molecule has 0 bridgehead atoms. The molecule has 3 heterocycles. The first kappa shape index (κ1) is 37.9. The lowest BCUT2D eigenvalue weighted by molar-refractivity contribution is -0.104. The van der Waals surface area contributed by atoms with Crippen molar-refractivity contribution < 1.29 is 9.47 Å². The van der Waals surface area contributed by atoms with Gasteiger partial charge in [-0.1, -0.05) is 70.6 Å². The first-order chi connectivity index (χ1) is 27.7. The van der Waals surface area contributed by atoms with Gasteiger partial charge in [-0.05, 0) is 194 Å². The van der Waals surface area contributed by atoms with Crippen LogP contribution in [-0.4, -0.2) is 57.9 Å². The zero-order chi connectivity index (χ0) is 36.7. The van der Waals surface area contributed by atoms with E-state index in [1.807, 2.05) is 0 Å². The van der Waals surface area contributed by atoms with Gasteiger partial charge in [0.15, 0.2) is 0 Å². The highest BCUT2D eigenvalue weighted by Crippen LogP contribution is 2.60. The molecule has 0 N–H and O–H groups in total. The molecule has 0 radical (unpaired) electrons. The number of hydrogen-bond acceptors (Lipinski definition) is 4. The Kier molecular flexibility index (Phi) is 11.0. The van der Waals surface area contributed by atoms with Crippen LogP contribution in [0, 0.1) is 71.0 Å². The van der Waals surface area contributed by atoms with Gasteiger partial charge in [0.25, 0.3) is 0 Å². The van der Waals surface area contributed by atoms with Crippen molar-refractivity contribution in [3.8, 4) is 0 Å². The van der Waals surface area contributed by atoms with Gasteiger partial charge in [-0.3, -0.25) is 4.90 Å². The Hall–Kier alpha value is 0.230. The average molecular weight is 786 g/mol. The van der Waals surface area contributed by atoms with E-state index in [0.29, 0.717) is 36.4 Å². The minimum absolute atomic E-state index is 0.505. The van der Waals surface area contributed by atoms with Crippen LogP contribution < -0.4 is 0 Å². The molecule has 18 unspecified atom stereocenters. The monoisotopic (exact) mass is 786 g/mol. The molecular formula is C52H83NO2S. The molecule has 4 heteroatoms. The smallest absolute Gasteiger partial charge is 0.0766 e. The van der Waals surface area contributed by atoms with E-state index in [1.165, 1.54) is 122 Å². The van der Waals surface area contributed by atoms with Gasteiger partial charge in [-0.2, -0.15) is 11.8 Å². The van der Waals surface area contributed by atoms with Gasteiger partial charge < -0.3 is 9.47 Å². The lowest BCUT2D eigenvalue weighted by Gasteiger charge is -2.54. The Labute approximate surface area is 347 Å². The van der Waals surface area contributed by atoms with Gasteiger partial charge in [0, 0.05) is 34.5 Å². The van der Waals surface area contributed by atoms with Gasteiger partial charge in [0.2, 0.25) is 0 Å². The molecule has 3 aliphatic heterocycles. The molecule has 9 aliphatic carbocycles. The van der Waals surface area contributed by atoms with Crippen LogP contribution in [0.5, 0.6) is 0 Å². The number of nitrogens with zero attached hydrogens (tertiary/aromatic N) is 1. The summed E-state index contributed by atoms with van der Waals surface area (Å²) in [5.74, 6) is 11.6. The largest absolute Gasteiger partial charge is 0.374 e. The fraction of sp³-hybridized carbons (Fsp3) is 1.00. The van der Waals surface area contributed by atoms with E-state index in [2.05, 4.69) is 16.7 Å². The van der Waals surface area contributed by atoms with E-state index < -0.39 is 0 Å². The quantitative estimate of drug-likeness (QED) is 0.277. The van der Waals surface area contributed by atoms with E-state index in [0.717, 1.165) is 87.7 Å². The third kappa shape index (κ3) is 6.72. The lowest BCUT2D eigenvalue weighted by atomic mass is 9.59. The summed E-state index contributed by atoms with van der Waals surface area (Å²) in [5, 5.41) is 1.89. The lowest BCUT2D eigenvalue weighted by Crippen LogP contribution is -2.61. The maximum atomic E-state index is 7.80. The summed E-state index contributed by atoms with van der Waals surface area (Å²) in [4.78, 5) is 3.41. The van der Waals surface area contributed by atoms with Crippen LogP contribution in [0.2, 0.25) is 0 Å². The second-order valence-electron chi connectivity index (χ2n) is 23.5. The van der Waals surface area contributed by atoms with Crippen molar-refractivity contribution in [2.75, 3.05) is 0 Å². The van der Waals surface area contributed by atoms with Crippen LogP contribution in [0.1, 0.15) is 199 Å². The molecule has 18 atom stereocenters. The summed E-state index contributed by atoms with van der Waals surface area (Å²) < 4.78 is 14.7. The van der Waals surface area contributed by atoms with Crippen LogP contribution in [0.3, 0.4) is 0 Å². The third-order valence-electron chi connectivity index (χ3n) is 21.4. The normalized spacial score (nSPS) is 54.6. The van der Waals surface area contributed by atoms with Crippen LogP contribution in [0.4, 0.5) is 0 Å². The van der Waals surface area contributed by atoms with Gasteiger partial charge >= 0.3 is 0 Å². The van der Waals surface area contributed by atoms with Crippen molar-refractivity contribution in [3.63, 3.8) is 0 Å². The summed E-state index contributed by atoms with van der Waals surface area (Å²) in [6.07, 6.45) is 48.8. The van der Waals surface area contributed by atoms with Crippen molar-refractivity contribution in [1.82, 2.24) is 4.90 Å². The number of thioether (sulfide) groups is 1. The minimum atomic E-state index is 0.505. The van der Waals surface area contributed by atoms with E-state index >= 15 is 0 Å². The molecule has 12 aliphatic rings. The topological polar surface area (TPSA) is 21.7 Å². The Morgan fingerprint density at radius 1 is 0.357 bits per heavy atom. The van der Waals surface area contributed by atoms with E-state index in [-0.39, 0.29) is 0 Å². The molecule has 3 saturated heterocycles. The maximum absolute atomic E-state index is 7.80. The summed E-state index contributed by atoms with van der Waals surface area (Å²) in [6, 6.07) is 2.32. The van der Waals surface area contributed by atoms with Crippen molar-refractivity contribution in [2.24, 2.45) is 71.0 Å². The Morgan fingerprint density at radius 2 is 0.964 bits per heavy atom. The number of fused-ring (bicyclic) bond motifs is 11. The first-order valence-corrected chi connectivity index (χ1v) is 27.4. The second kappa shape index (κ2) is 16.2. The van der Waals surface area contributed by atoms with Crippen LogP contribution >= 0.6 is 11.8 Å². The number of hydrogen-bond donors (Lipinski definition) is 0. The van der Waals surface area contributed by atoms with Gasteiger partial charge in [0.1, 0.15) is 0 Å². The van der Waals surface area contributed by atoms with Crippen molar-refractivity contribution in [2.45, 2.75) is 252 Å². The molecule has 9 saturated carbocycles. The molecule has 12 rings (SSSR count). The Bertz CT molecular complexity index is 1340. The highest BCUT2D eigenvalue weighted by Gasteiger charge is 2.62. The highest BCUT2D eigenvalue weighted by molar-refractivity contribution is 8.00. The van der Waals surface area contributed by atoms with Crippen LogP contribution in [0.15, 0.2) is 0 Å². The Morgan fingerprint density at radius 3 is 1.79 bits per heavy atom. The van der Waals surface area contributed by atoms with Crippen molar-refractivity contribution in [1.29, 1.82) is 0 Å². The minimum Gasteiger partial charge on any atom is -0.374 e. The van der Waals surface area contributed by atoms with Gasteiger partial charge in [-0.25, -0.2) is 0 Å². The Balaban J connectivity index is 0.783. The molecule has 314 valence electrons. The zero-order valence-electron chi connectivity index (χ0n) is 35.7. The van der Waals surface area contributed by atoms with Crippen molar-refractivity contribution in [3.05, 3.63) is 0 Å². The fourth-order valence-electron chi connectivity index (χ4n) is 19.0. The maximum Gasteiger partial charge on any atom is 0.0766 e. The van der Waals surface area contributed by atoms with E-state index in [9.17, 15) is 0 Å². The summed E-state index contributed by atoms with van der Waals surface area (Å²) in [6.45, 7) is 0. The van der Waals surface area contributed by atoms with Gasteiger partial charge in [-0.15, -0.1) is 0 Å². The number of ether oxygens (including phenoxy) is 2. The SMILES string of the molecule is C1CCC(C2CCC3CCC(C4CCC(N(C5CCCC6C7CCC8OC9CCCCC9C8C7OC65)C5CCCC6C7CCCCC7SC65)CC4)CC3C2)CC1. The molecule has 3 nitrogen and oxygen atoms in total. The molecule has 0 aromatic rings. The number of rotatable bonds is 5. The van der Waals surface area contributed by atoms with Crippen molar-refractivity contribution >= 4 is 11.8 Å². The predicted molar refractivity (Wildman–Crippen MR) is 231 cm³/mol. The summed E-state index contributed by atoms with van der Waals surface area (Å²) in [7, 11) is 0. The molecular weight excluding hydrogens is 703 g/mol. The van der Waals surface area contributed by atoms with E-state index in [4.69, 9.17) is 9.47 Å². The average Bonchev–Trinajstić information content (AvgIpc) is 3.96. The molecule has 0 aromatic carbocycles. The standard InChI is InChI=1S/C52H83NO2S/c1-2-10-32(11-3-1)35-22-20-34-21-23-36(31-37(34)30-35)33-24-26-38(27-25-33)53(45-17-9-15-42-39-12-5-7-19-48(39)56-52(42)45)44-16-8-14-40-41-28-29-47-49(51(41)55-50(40)44)43-13-4-6-18-46(43)54-47/h32-52H,1-31H2. The summed E-state index contributed by atoms with van der Waals surface area (Å²) >= 11 is 2.56. The third-order valence-corrected chi connectivity index (χ3v) is 23.3. The zero-order valence-corrected chi connectivity index (χ0v) is 36.5. The molecule has 12 fully saturated rings. The second-order valence-corrected chi connectivity index (χ2v) is 25.0. The molecule has 56 heavy (non-hydrogen) atoms. The molecule has 0 amide bonds.